The van der Waals surface area contributed by atoms with Crippen molar-refractivity contribution in [2.24, 2.45) is 0 Å². The molecule has 3 rings (SSSR count). The van der Waals surface area contributed by atoms with E-state index in [1.807, 2.05) is 0 Å². The number of esters is 1. The van der Waals surface area contributed by atoms with E-state index >= 15 is 0 Å². The Morgan fingerprint density at radius 1 is 1.03 bits per heavy atom. The summed E-state index contributed by atoms with van der Waals surface area (Å²) in [7, 11) is 0. The molecule has 0 unspecified atom stereocenters. The van der Waals surface area contributed by atoms with Crippen molar-refractivity contribution in [1.82, 2.24) is 0 Å². The van der Waals surface area contributed by atoms with Crippen LogP contribution in [0, 0.1) is 0 Å². The Labute approximate surface area is 165 Å². The van der Waals surface area contributed by atoms with Crippen molar-refractivity contribution in [3.63, 3.8) is 0 Å². The second-order valence-electron chi connectivity index (χ2n) is 6.27. The van der Waals surface area contributed by atoms with Gasteiger partial charge in [-0.25, -0.2) is 9.59 Å². The lowest BCUT2D eigenvalue weighted by atomic mass is 10.0. The zero-order chi connectivity index (χ0) is 22.1. The third-order valence-corrected chi connectivity index (χ3v) is 4.19. The summed E-state index contributed by atoms with van der Waals surface area (Å²) < 4.78 is 88.2. The normalized spacial score (nSPS) is 15.7. The van der Waals surface area contributed by atoms with Gasteiger partial charge in [0.1, 0.15) is 6.61 Å². The number of alkyl halides is 6. The van der Waals surface area contributed by atoms with Gasteiger partial charge in [-0.3, -0.25) is 4.90 Å². The van der Waals surface area contributed by atoms with Crippen LogP contribution in [0.1, 0.15) is 27.6 Å². The number of carbonyl (C=O) groups is 2. The van der Waals surface area contributed by atoms with Crippen molar-refractivity contribution in [3.05, 3.63) is 65.2 Å². The van der Waals surface area contributed by atoms with Gasteiger partial charge in [-0.15, -0.1) is 0 Å². The molecule has 0 bridgehead atoms. The molecule has 1 atom stereocenters. The predicted octanol–water partition coefficient (Wildman–Crippen LogP) is 5.12. The Morgan fingerprint density at radius 2 is 1.73 bits per heavy atom. The maximum absolute atomic E-state index is 13.5. The summed E-state index contributed by atoms with van der Waals surface area (Å²) >= 11 is 0. The molecule has 0 spiro atoms. The fourth-order valence-corrected chi connectivity index (χ4v) is 2.81. The smallest absolute Gasteiger partial charge is 0.429 e. The van der Waals surface area contributed by atoms with Crippen LogP contribution < -0.4 is 4.90 Å². The highest BCUT2D eigenvalue weighted by molar-refractivity contribution is 5.94. The maximum atomic E-state index is 13.5. The van der Waals surface area contributed by atoms with Crippen molar-refractivity contribution in [3.8, 4) is 0 Å². The van der Waals surface area contributed by atoms with Crippen LogP contribution in [0.25, 0.3) is 0 Å². The predicted molar refractivity (Wildman–Crippen MR) is 90.8 cm³/mol. The molecule has 1 fully saturated rings. The molecule has 2 aromatic rings. The molecule has 1 heterocycles. The first-order chi connectivity index (χ1) is 14.0. The van der Waals surface area contributed by atoms with Gasteiger partial charge >= 0.3 is 24.4 Å². The lowest BCUT2D eigenvalue weighted by molar-refractivity contribution is -0.207. The van der Waals surface area contributed by atoms with Crippen LogP contribution in [-0.4, -0.2) is 31.4 Å². The number of hydrogen-bond acceptors (Lipinski definition) is 4. The van der Waals surface area contributed by atoms with Crippen molar-refractivity contribution in [2.45, 2.75) is 18.5 Å². The second-order valence-corrected chi connectivity index (χ2v) is 6.27. The first kappa shape index (κ1) is 21.5. The average Bonchev–Trinajstić information content (AvgIpc) is 3.10. The third-order valence-electron chi connectivity index (χ3n) is 4.19. The van der Waals surface area contributed by atoms with Crippen molar-refractivity contribution < 1.29 is 45.4 Å². The highest BCUT2D eigenvalue weighted by Gasteiger charge is 2.45. The fraction of sp³-hybridized carbons (Fsp3) is 0.263. The molecule has 5 nitrogen and oxygen atoms in total. The van der Waals surface area contributed by atoms with Gasteiger partial charge in [-0.05, 0) is 30.3 Å². The first-order valence-electron chi connectivity index (χ1n) is 8.46. The largest absolute Gasteiger partial charge is 0.447 e. The van der Waals surface area contributed by atoms with Crippen LogP contribution in [0.2, 0.25) is 0 Å². The Bertz CT molecular complexity index is 957. The summed E-state index contributed by atoms with van der Waals surface area (Å²) in [5.74, 6) is -1.41. The standard InChI is InChI=1S/C19H13F6NO4/c20-18(21,22)13-5-1-3-11(9-13)15(19(23,24)25)30-16(27)12-4-2-6-14(10-12)26-7-8-29-17(26)28/h1-6,9-10,15H,7-8H2/t15-/m1/s1. The van der Waals surface area contributed by atoms with Crippen molar-refractivity contribution in [2.75, 3.05) is 18.1 Å². The molecule has 0 aromatic heterocycles. The molecule has 11 heteroatoms. The van der Waals surface area contributed by atoms with E-state index in [1.54, 1.807) is 0 Å². The number of halogens is 6. The summed E-state index contributed by atoms with van der Waals surface area (Å²) in [5, 5.41) is 0. The number of nitrogens with zero attached hydrogens (tertiary/aromatic N) is 1. The van der Waals surface area contributed by atoms with Gasteiger partial charge in [-0.1, -0.05) is 18.2 Å². The number of hydrogen-bond donors (Lipinski definition) is 0. The minimum Gasteiger partial charge on any atom is -0.447 e. The van der Waals surface area contributed by atoms with Crippen LogP contribution >= 0.6 is 0 Å². The molecule has 160 valence electrons. The SMILES string of the molecule is O=C(O[C@H](c1cccc(C(F)(F)F)c1)C(F)(F)F)c1cccc(N2CCOC2=O)c1. The molecule has 0 N–H and O–H groups in total. The highest BCUT2D eigenvalue weighted by Crippen LogP contribution is 2.39. The summed E-state index contributed by atoms with van der Waals surface area (Å²) in [6.45, 7) is 0.298. The Hall–Kier alpha value is -3.24. The second kappa shape index (κ2) is 7.88. The minimum atomic E-state index is -5.16. The van der Waals surface area contributed by atoms with Gasteiger partial charge in [0.05, 0.1) is 17.7 Å². The van der Waals surface area contributed by atoms with Gasteiger partial charge in [0, 0.05) is 11.3 Å². The van der Waals surface area contributed by atoms with Crippen LogP contribution in [-0.2, 0) is 15.7 Å². The molecule has 1 aliphatic heterocycles. The molecule has 0 aliphatic carbocycles. The van der Waals surface area contributed by atoms with E-state index in [4.69, 9.17) is 4.74 Å². The molecule has 30 heavy (non-hydrogen) atoms. The Morgan fingerprint density at radius 3 is 2.33 bits per heavy atom. The van der Waals surface area contributed by atoms with Gasteiger partial charge in [-0.2, -0.15) is 26.3 Å². The molecule has 0 saturated carbocycles. The average molecular weight is 433 g/mol. The van der Waals surface area contributed by atoms with Crippen LogP contribution in [0.15, 0.2) is 48.5 Å². The molecule has 2 aromatic carbocycles. The van der Waals surface area contributed by atoms with Gasteiger partial charge < -0.3 is 9.47 Å². The number of cyclic esters (lactones) is 1. The molecule has 1 amide bonds. The molecular weight excluding hydrogens is 420 g/mol. The van der Waals surface area contributed by atoms with E-state index in [9.17, 15) is 35.9 Å². The Balaban J connectivity index is 1.88. The van der Waals surface area contributed by atoms with E-state index in [0.29, 0.717) is 6.07 Å². The number of benzene rings is 2. The number of anilines is 1. The number of ether oxygens (including phenoxy) is 2. The third kappa shape index (κ3) is 4.66. The summed E-state index contributed by atoms with van der Waals surface area (Å²) in [6.07, 6.45) is -13.6. The summed E-state index contributed by atoms with van der Waals surface area (Å²) in [4.78, 5) is 25.1. The molecule has 0 radical (unpaired) electrons. The highest BCUT2D eigenvalue weighted by atomic mass is 19.4. The fourth-order valence-electron chi connectivity index (χ4n) is 2.81. The quantitative estimate of drug-likeness (QED) is 0.496. The number of carbonyl (C=O) groups excluding carboxylic acids is 2. The lowest BCUT2D eigenvalue weighted by Crippen LogP contribution is -2.27. The van der Waals surface area contributed by atoms with Gasteiger partial charge in [0.15, 0.2) is 0 Å². The minimum absolute atomic E-state index is 0.110. The summed E-state index contributed by atoms with van der Waals surface area (Å²) in [6, 6.07) is 7.53. The zero-order valence-corrected chi connectivity index (χ0v) is 15.0. The molecule has 1 aliphatic rings. The Kier molecular flexibility index (Phi) is 5.64. The van der Waals surface area contributed by atoms with Gasteiger partial charge in [0.2, 0.25) is 6.10 Å². The van der Waals surface area contributed by atoms with Crippen LogP contribution in [0.3, 0.4) is 0 Å². The molecular formula is C19H13F6NO4. The van der Waals surface area contributed by atoms with Crippen LogP contribution in [0.4, 0.5) is 36.8 Å². The topological polar surface area (TPSA) is 55.8 Å². The first-order valence-corrected chi connectivity index (χ1v) is 8.46. The van der Waals surface area contributed by atoms with Gasteiger partial charge in [0.25, 0.3) is 0 Å². The monoisotopic (exact) mass is 433 g/mol. The van der Waals surface area contributed by atoms with E-state index in [2.05, 4.69) is 4.74 Å². The van der Waals surface area contributed by atoms with E-state index in [-0.39, 0.29) is 30.5 Å². The van der Waals surface area contributed by atoms with E-state index in [0.717, 1.165) is 24.3 Å². The van der Waals surface area contributed by atoms with Crippen molar-refractivity contribution >= 4 is 17.7 Å². The van der Waals surface area contributed by atoms with E-state index < -0.39 is 41.6 Å². The van der Waals surface area contributed by atoms with E-state index in [1.165, 1.54) is 17.0 Å². The summed E-state index contributed by atoms with van der Waals surface area (Å²) in [5.41, 5.74) is -2.28. The van der Waals surface area contributed by atoms with Crippen molar-refractivity contribution in [1.29, 1.82) is 0 Å². The number of amides is 1. The zero-order valence-electron chi connectivity index (χ0n) is 15.0. The van der Waals surface area contributed by atoms with Crippen LogP contribution in [0.5, 0.6) is 0 Å². The number of rotatable bonds is 4. The maximum Gasteiger partial charge on any atom is 0.429 e. The lowest BCUT2D eigenvalue weighted by Gasteiger charge is -2.22. The molecule has 1 saturated heterocycles.